The highest BCUT2D eigenvalue weighted by Gasteiger charge is 2.34. The maximum absolute atomic E-state index is 12.7. The van der Waals surface area contributed by atoms with E-state index in [0.29, 0.717) is 25.4 Å². The molecule has 32 heavy (non-hydrogen) atoms. The lowest BCUT2D eigenvalue weighted by Gasteiger charge is -2.34. The predicted octanol–water partition coefficient (Wildman–Crippen LogP) is 1.85. The predicted molar refractivity (Wildman–Crippen MR) is 122 cm³/mol. The number of benzene rings is 1. The fraction of sp³-hybridized carbons (Fsp3) is 0.542. The summed E-state index contributed by atoms with van der Waals surface area (Å²) in [5.74, 6) is -0.320. The first-order valence-electron chi connectivity index (χ1n) is 11.5. The molecule has 0 radical (unpaired) electrons. The number of nitrogens with zero attached hydrogens (tertiary/aromatic N) is 4. The number of nitrogens with one attached hydrogen (secondary N) is 1. The number of methoxy groups -OCH3 is 1. The van der Waals surface area contributed by atoms with Crippen molar-refractivity contribution in [2.24, 2.45) is 0 Å². The van der Waals surface area contributed by atoms with Crippen LogP contribution in [0.4, 0.5) is 5.69 Å². The van der Waals surface area contributed by atoms with Crippen molar-refractivity contribution in [1.29, 1.82) is 0 Å². The second-order valence-electron chi connectivity index (χ2n) is 8.63. The third kappa shape index (κ3) is 5.48. The Labute approximate surface area is 189 Å². The summed E-state index contributed by atoms with van der Waals surface area (Å²) >= 11 is 0. The Kier molecular flexibility index (Phi) is 7.42. The van der Waals surface area contributed by atoms with E-state index in [2.05, 4.69) is 31.9 Å². The summed E-state index contributed by atoms with van der Waals surface area (Å²) < 4.78 is 6.94. The molecule has 2 saturated heterocycles. The second kappa shape index (κ2) is 10.6. The summed E-state index contributed by atoms with van der Waals surface area (Å²) in [4.78, 5) is 32.8. The molecule has 0 bridgehead atoms. The van der Waals surface area contributed by atoms with Crippen LogP contribution in [0.5, 0.6) is 0 Å². The largest absolute Gasteiger partial charge is 0.467 e. The highest BCUT2D eigenvalue weighted by molar-refractivity contribution is 5.86. The lowest BCUT2D eigenvalue weighted by molar-refractivity contribution is -0.150. The van der Waals surface area contributed by atoms with Crippen LogP contribution in [0.15, 0.2) is 43.0 Å². The van der Waals surface area contributed by atoms with E-state index >= 15 is 0 Å². The van der Waals surface area contributed by atoms with Crippen molar-refractivity contribution in [3.8, 4) is 0 Å². The van der Waals surface area contributed by atoms with Crippen molar-refractivity contribution in [1.82, 2.24) is 19.8 Å². The van der Waals surface area contributed by atoms with Crippen LogP contribution in [0.25, 0.3) is 0 Å². The Morgan fingerprint density at radius 1 is 1.12 bits per heavy atom. The third-order valence-corrected chi connectivity index (χ3v) is 6.56. The van der Waals surface area contributed by atoms with Crippen molar-refractivity contribution in [3.63, 3.8) is 0 Å². The van der Waals surface area contributed by atoms with Gasteiger partial charge in [0.25, 0.3) is 0 Å². The molecule has 0 spiro atoms. The summed E-state index contributed by atoms with van der Waals surface area (Å²) in [6.07, 6.45) is 9.74. The molecule has 172 valence electrons. The van der Waals surface area contributed by atoms with Crippen molar-refractivity contribution in [3.05, 3.63) is 48.5 Å². The lowest BCUT2D eigenvalue weighted by atomic mass is 10.0. The molecule has 1 N–H and O–H groups in total. The van der Waals surface area contributed by atoms with Crippen LogP contribution in [-0.4, -0.2) is 71.7 Å². The maximum atomic E-state index is 12.7. The molecule has 2 aliphatic rings. The van der Waals surface area contributed by atoms with Crippen LogP contribution in [0.3, 0.4) is 0 Å². The van der Waals surface area contributed by atoms with Gasteiger partial charge in [0, 0.05) is 56.8 Å². The lowest BCUT2D eigenvalue weighted by Crippen LogP contribution is -2.43. The highest BCUT2D eigenvalue weighted by Crippen LogP contribution is 2.23. The van der Waals surface area contributed by atoms with Gasteiger partial charge in [-0.15, -0.1) is 0 Å². The number of aromatic nitrogens is 2. The minimum Gasteiger partial charge on any atom is -0.467 e. The molecular weight excluding hydrogens is 406 g/mol. The van der Waals surface area contributed by atoms with Crippen molar-refractivity contribution >= 4 is 17.6 Å². The summed E-state index contributed by atoms with van der Waals surface area (Å²) in [6, 6.07) is 8.41. The molecule has 0 aliphatic carbocycles. The standard InChI is InChI=1S/C24H33N5O3/c1-32-24(31)22-3-2-12-29(22)23(30)17-19-4-6-21(7-5-19)28-13-8-20(9-14-28)26-11-16-27-15-10-25-18-27/h4-7,10,15,18,20,22,26H,2-3,8-9,11-14,16-17H2,1H3/t22-/m0/s1. The Balaban J connectivity index is 1.22. The molecule has 1 aromatic carbocycles. The smallest absolute Gasteiger partial charge is 0.328 e. The fourth-order valence-electron chi connectivity index (χ4n) is 4.71. The van der Waals surface area contributed by atoms with E-state index in [1.54, 1.807) is 4.90 Å². The first-order chi connectivity index (χ1) is 15.6. The summed E-state index contributed by atoms with van der Waals surface area (Å²) in [6.45, 7) is 4.57. The van der Waals surface area contributed by atoms with Gasteiger partial charge in [-0.2, -0.15) is 0 Å². The Bertz CT molecular complexity index is 876. The zero-order chi connectivity index (χ0) is 22.3. The monoisotopic (exact) mass is 439 g/mol. The van der Waals surface area contributed by atoms with Gasteiger partial charge >= 0.3 is 5.97 Å². The van der Waals surface area contributed by atoms with Crippen LogP contribution < -0.4 is 10.2 Å². The molecule has 0 saturated carbocycles. The van der Waals surface area contributed by atoms with Crippen LogP contribution in [0.2, 0.25) is 0 Å². The van der Waals surface area contributed by atoms with E-state index in [9.17, 15) is 9.59 Å². The van der Waals surface area contributed by atoms with Crippen molar-refractivity contribution in [2.75, 3.05) is 38.2 Å². The molecule has 2 aromatic rings. The van der Waals surface area contributed by atoms with Gasteiger partial charge in [-0.1, -0.05) is 12.1 Å². The Morgan fingerprint density at radius 3 is 2.59 bits per heavy atom. The molecule has 8 nitrogen and oxygen atoms in total. The van der Waals surface area contributed by atoms with Gasteiger partial charge in [-0.25, -0.2) is 9.78 Å². The molecule has 2 fully saturated rings. The average Bonchev–Trinajstić information content (AvgIpc) is 3.52. The molecule has 2 aliphatic heterocycles. The minimum absolute atomic E-state index is 0.00627. The molecule has 4 rings (SSSR count). The van der Waals surface area contributed by atoms with E-state index in [4.69, 9.17) is 4.74 Å². The first kappa shape index (κ1) is 22.3. The number of amides is 1. The van der Waals surface area contributed by atoms with Crippen LogP contribution in [-0.2, 0) is 27.3 Å². The highest BCUT2D eigenvalue weighted by atomic mass is 16.5. The van der Waals surface area contributed by atoms with Crippen LogP contribution in [0.1, 0.15) is 31.2 Å². The zero-order valence-electron chi connectivity index (χ0n) is 18.8. The number of hydrogen-bond acceptors (Lipinski definition) is 6. The number of carbonyl (C=O) groups is 2. The summed E-state index contributed by atoms with van der Waals surface area (Å²) in [5, 5.41) is 3.65. The SMILES string of the molecule is COC(=O)[C@@H]1CCCN1C(=O)Cc1ccc(N2CCC(NCCn3ccnc3)CC2)cc1. The maximum Gasteiger partial charge on any atom is 0.328 e. The Morgan fingerprint density at radius 2 is 1.91 bits per heavy atom. The van der Waals surface area contributed by atoms with Gasteiger partial charge in [-0.3, -0.25) is 4.79 Å². The molecule has 1 aromatic heterocycles. The molecule has 0 unspecified atom stereocenters. The zero-order valence-corrected chi connectivity index (χ0v) is 18.8. The number of hydrogen-bond donors (Lipinski definition) is 1. The first-order valence-corrected chi connectivity index (χ1v) is 11.5. The van der Waals surface area contributed by atoms with E-state index in [1.165, 1.54) is 12.8 Å². The number of likely N-dealkylation sites (tertiary alicyclic amines) is 1. The molecule has 1 amide bonds. The van der Waals surface area contributed by atoms with Crippen LogP contribution in [0, 0.1) is 0 Å². The summed E-state index contributed by atoms with van der Waals surface area (Å²) in [5.41, 5.74) is 2.18. The van der Waals surface area contributed by atoms with E-state index in [1.807, 2.05) is 30.9 Å². The van der Waals surface area contributed by atoms with Gasteiger partial charge in [0.05, 0.1) is 19.9 Å². The van der Waals surface area contributed by atoms with Gasteiger partial charge in [0.15, 0.2) is 0 Å². The van der Waals surface area contributed by atoms with E-state index < -0.39 is 6.04 Å². The number of rotatable bonds is 8. The van der Waals surface area contributed by atoms with E-state index in [0.717, 1.165) is 51.0 Å². The number of carbonyl (C=O) groups excluding carboxylic acids is 2. The molecule has 3 heterocycles. The quantitative estimate of drug-likeness (QED) is 0.633. The number of esters is 1. The third-order valence-electron chi connectivity index (χ3n) is 6.56. The second-order valence-corrected chi connectivity index (χ2v) is 8.63. The number of imidazole rings is 1. The molecule has 1 atom stereocenters. The normalized spacial score (nSPS) is 19.3. The Hall–Kier alpha value is -2.87. The topological polar surface area (TPSA) is 79.7 Å². The van der Waals surface area contributed by atoms with Crippen LogP contribution >= 0.6 is 0 Å². The van der Waals surface area contributed by atoms with Gasteiger partial charge in [0.2, 0.25) is 5.91 Å². The number of piperidine rings is 1. The van der Waals surface area contributed by atoms with E-state index in [-0.39, 0.29) is 11.9 Å². The number of ether oxygens (including phenoxy) is 1. The fourth-order valence-corrected chi connectivity index (χ4v) is 4.71. The number of anilines is 1. The van der Waals surface area contributed by atoms with Crippen molar-refractivity contribution < 1.29 is 14.3 Å². The summed E-state index contributed by atoms with van der Waals surface area (Å²) in [7, 11) is 1.38. The van der Waals surface area contributed by atoms with Gasteiger partial charge in [0.1, 0.15) is 6.04 Å². The van der Waals surface area contributed by atoms with Crippen molar-refractivity contribution in [2.45, 2.75) is 50.7 Å². The van der Waals surface area contributed by atoms with Gasteiger partial charge in [-0.05, 0) is 43.4 Å². The van der Waals surface area contributed by atoms with Gasteiger partial charge < -0.3 is 24.4 Å². The molecule has 8 heteroatoms. The average molecular weight is 440 g/mol. The minimum atomic E-state index is -0.429. The molecular formula is C24H33N5O3.